The van der Waals surface area contributed by atoms with Crippen LogP contribution in [0.15, 0.2) is 22.7 Å². The van der Waals surface area contributed by atoms with E-state index in [2.05, 4.69) is 36.3 Å². The van der Waals surface area contributed by atoms with Gasteiger partial charge in [0, 0.05) is 10.0 Å². The first-order chi connectivity index (χ1) is 12.5. The molecule has 0 spiro atoms. The number of nitrogens with zero attached hydrogens (tertiary/aromatic N) is 4. The van der Waals surface area contributed by atoms with Gasteiger partial charge in [-0.2, -0.15) is 4.80 Å². The zero-order valence-electron chi connectivity index (χ0n) is 14.6. The normalized spacial score (nSPS) is 11.0. The second-order valence-electron chi connectivity index (χ2n) is 5.76. The number of methoxy groups -OCH3 is 1. The molecule has 0 aliphatic heterocycles. The molecule has 9 heteroatoms. The molecule has 2 N–H and O–H groups in total. The van der Waals surface area contributed by atoms with E-state index in [1.54, 1.807) is 19.1 Å². The minimum Gasteiger partial charge on any atom is -0.482 e. The molecule has 26 heavy (non-hydrogen) atoms. The standard InChI is InChI=1S/C17H18BrN5O3/c1-9-4-5-11(8-12(9)18)15(25)13-10(2)14(19-17(13)26-3)16-20-22-23(21-16)6-7-24/h4-5,8,19,24H,6-7H2,1-3H3. The van der Waals surface area contributed by atoms with Crippen molar-refractivity contribution in [3.05, 3.63) is 44.9 Å². The number of aliphatic hydroxyl groups excluding tert-OH is 1. The number of hydrogen-bond donors (Lipinski definition) is 2. The van der Waals surface area contributed by atoms with Crippen LogP contribution in [0.3, 0.4) is 0 Å². The summed E-state index contributed by atoms with van der Waals surface area (Å²) in [6.45, 7) is 3.92. The monoisotopic (exact) mass is 419 g/mol. The summed E-state index contributed by atoms with van der Waals surface area (Å²) in [7, 11) is 1.49. The lowest BCUT2D eigenvalue weighted by Gasteiger charge is -2.06. The van der Waals surface area contributed by atoms with E-state index in [4.69, 9.17) is 9.84 Å². The molecule has 136 valence electrons. The van der Waals surface area contributed by atoms with Crippen molar-refractivity contribution in [2.75, 3.05) is 13.7 Å². The fraction of sp³-hybridized carbons (Fsp3) is 0.294. The molecule has 3 rings (SSSR count). The van der Waals surface area contributed by atoms with Crippen molar-refractivity contribution in [2.45, 2.75) is 20.4 Å². The Labute approximate surface area is 158 Å². The highest BCUT2D eigenvalue weighted by atomic mass is 79.9. The highest BCUT2D eigenvalue weighted by Crippen LogP contribution is 2.32. The number of tetrazole rings is 1. The van der Waals surface area contributed by atoms with E-state index in [0.717, 1.165) is 10.0 Å². The molecule has 0 atom stereocenters. The molecule has 0 fully saturated rings. The molecule has 3 aromatic rings. The third kappa shape index (κ3) is 3.27. The SMILES string of the molecule is COc1[nH]c(-c2nnn(CCO)n2)c(C)c1C(=O)c1ccc(C)c(Br)c1. The Kier molecular flexibility index (Phi) is 5.19. The fourth-order valence-corrected chi connectivity index (χ4v) is 3.00. The van der Waals surface area contributed by atoms with E-state index in [-0.39, 0.29) is 18.9 Å². The molecule has 0 unspecified atom stereocenters. The Balaban J connectivity index is 2.05. The van der Waals surface area contributed by atoms with Gasteiger partial charge in [0.1, 0.15) is 0 Å². The topological polar surface area (TPSA) is 106 Å². The number of ketones is 1. The number of aromatic nitrogens is 5. The fourth-order valence-electron chi connectivity index (χ4n) is 2.62. The maximum Gasteiger partial charge on any atom is 0.221 e. The minimum absolute atomic E-state index is 0.0884. The first-order valence-electron chi connectivity index (χ1n) is 7.92. The highest BCUT2D eigenvalue weighted by Gasteiger charge is 2.25. The van der Waals surface area contributed by atoms with Crippen LogP contribution in [-0.4, -0.2) is 49.8 Å². The molecule has 1 aromatic carbocycles. The van der Waals surface area contributed by atoms with Gasteiger partial charge in [0.05, 0.1) is 31.5 Å². The molecule has 0 aliphatic rings. The third-order valence-corrected chi connectivity index (χ3v) is 4.91. The van der Waals surface area contributed by atoms with Gasteiger partial charge in [-0.15, -0.1) is 10.2 Å². The van der Waals surface area contributed by atoms with Crippen LogP contribution < -0.4 is 4.74 Å². The van der Waals surface area contributed by atoms with E-state index in [1.807, 2.05) is 13.0 Å². The maximum absolute atomic E-state index is 13.0. The third-order valence-electron chi connectivity index (χ3n) is 4.06. The summed E-state index contributed by atoms with van der Waals surface area (Å²) in [5.41, 5.74) is 3.25. The summed E-state index contributed by atoms with van der Waals surface area (Å²) in [4.78, 5) is 17.4. The summed E-state index contributed by atoms with van der Waals surface area (Å²) in [5, 5.41) is 21.0. The predicted octanol–water partition coefficient (Wildman–Crippen LogP) is 2.28. The number of benzene rings is 1. The minimum atomic E-state index is -0.162. The lowest BCUT2D eigenvalue weighted by atomic mass is 10.0. The van der Waals surface area contributed by atoms with Crippen LogP contribution in [0.5, 0.6) is 5.88 Å². The summed E-state index contributed by atoms with van der Waals surface area (Å²) >= 11 is 3.46. The molecule has 0 amide bonds. The number of ether oxygens (including phenoxy) is 1. The molecular weight excluding hydrogens is 402 g/mol. The number of aryl methyl sites for hydroxylation is 1. The van der Waals surface area contributed by atoms with Gasteiger partial charge in [0.15, 0.2) is 5.78 Å². The van der Waals surface area contributed by atoms with E-state index >= 15 is 0 Å². The second-order valence-corrected chi connectivity index (χ2v) is 6.61. The molecule has 8 nitrogen and oxygen atoms in total. The molecule has 2 aromatic heterocycles. The number of halogens is 1. The quantitative estimate of drug-likeness (QED) is 0.593. The molecule has 0 aliphatic carbocycles. The number of aromatic amines is 1. The van der Waals surface area contributed by atoms with Crippen LogP contribution in [0, 0.1) is 13.8 Å². The predicted molar refractivity (Wildman–Crippen MR) is 98.3 cm³/mol. The van der Waals surface area contributed by atoms with E-state index in [9.17, 15) is 4.79 Å². The number of carbonyl (C=O) groups is 1. The Morgan fingerprint density at radius 3 is 2.81 bits per heavy atom. The first-order valence-corrected chi connectivity index (χ1v) is 8.72. The summed E-state index contributed by atoms with van der Waals surface area (Å²) < 4.78 is 6.23. The number of hydrogen-bond acceptors (Lipinski definition) is 6. The zero-order valence-corrected chi connectivity index (χ0v) is 16.2. The Bertz CT molecular complexity index is 963. The molecular formula is C17H18BrN5O3. The van der Waals surface area contributed by atoms with Crippen molar-refractivity contribution in [3.63, 3.8) is 0 Å². The van der Waals surface area contributed by atoms with E-state index in [1.165, 1.54) is 11.9 Å². The summed E-state index contributed by atoms with van der Waals surface area (Å²) in [5.74, 6) is 0.515. The van der Waals surface area contributed by atoms with Crippen LogP contribution in [-0.2, 0) is 6.54 Å². The van der Waals surface area contributed by atoms with Gasteiger partial charge in [0.25, 0.3) is 0 Å². The molecule has 2 heterocycles. The van der Waals surface area contributed by atoms with Crippen LogP contribution in [0.2, 0.25) is 0 Å². The molecule has 0 bridgehead atoms. The van der Waals surface area contributed by atoms with Crippen molar-refractivity contribution in [1.29, 1.82) is 0 Å². The summed E-state index contributed by atoms with van der Waals surface area (Å²) in [6.07, 6.45) is 0. The molecule has 0 saturated heterocycles. The van der Waals surface area contributed by atoms with Gasteiger partial charge in [-0.25, -0.2) is 0 Å². The number of rotatable bonds is 6. The van der Waals surface area contributed by atoms with Gasteiger partial charge in [0.2, 0.25) is 11.7 Å². The largest absolute Gasteiger partial charge is 0.482 e. The average Bonchev–Trinajstić information content (AvgIpc) is 3.21. The lowest BCUT2D eigenvalue weighted by Crippen LogP contribution is -2.05. The Morgan fingerprint density at radius 2 is 2.15 bits per heavy atom. The van der Waals surface area contributed by atoms with Gasteiger partial charge in [-0.1, -0.05) is 28.1 Å². The van der Waals surface area contributed by atoms with Crippen molar-refractivity contribution < 1.29 is 14.6 Å². The van der Waals surface area contributed by atoms with Crippen LogP contribution >= 0.6 is 15.9 Å². The van der Waals surface area contributed by atoms with Gasteiger partial charge < -0.3 is 14.8 Å². The van der Waals surface area contributed by atoms with Crippen LogP contribution in [0.4, 0.5) is 0 Å². The van der Waals surface area contributed by atoms with E-state index in [0.29, 0.717) is 34.1 Å². The van der Waals surface area contributed by atoms with Crippen molar-refractivity contribution >= 4 is 21.7 Å². The number of aliphatic hydroxyl groups is 1. The highest BCUT2D eigenvalue weighted by molar-refractivity contribution is 9.10. The van der Waals surface area contributed by atoms with Crippen LogP contribution in [0.25, 0.3) is 11.5 Å². The van der Waals surface area contributed by atoms with Crippen molar-refractivity contribution in [1.82, 2.24) is 25.2 Å². The average molecular weight is 420 g/mol. The second kappa shape index (κ2) is 7.38. The number of H-pyrrole nitrogens is 1. The van der Waals surface area contributed by atoms with Gasteiger partial charge in [-0.3, -0.25) is 4.79 Å². The van der Waals surface area contributed by atoms with E-state index < -0.39 is 0 Å². The summed E-state index contributed by atoms with van der Waals surface area (Å²) in [6, 6.07) is 5.46. The zero-order chi connectivity index (χ0) is 18.8. The molecule has 0 radical (unpaired) electrons. The number of carbonyl (C=O) groups excluding carboxylic acids is 1. The van der Waals surface area contributed by atoms with Crippen molar-refractivity contribution in [2.24, 2.45) is 0 Å². The smallest absolute Gasteiger partial charge is 0.221 e. The molecule has 0 saturated carbocycles. The Hall–Kier alpha value is -2.52. The van der Waals surface area contributed by atoms with Gasteiger partial charge >= 0.3 is 0 Å². The Morgan fingerprint density at radius 1 is 1.38 bits per heavy atom. The van der Waals surface area contributed by atoms with Crippen LogP contribution in [0.1, 0.15) is 27.0 Å². The van der Waals surface area contributed by atoms with Crippen molar-refractivity contribution in [3.8, 4) is 17.4 Å². The lowest BCUT2D eigenvalue weighted by molar-refractivity contribution is 0.103. The van der Waals surface area contributed by atoms with Gasteiger partial charge in [-0.05, 0) is 36.3 Å². The maximum atomic E-state index is 13.0. The number of nitrogens with one attached hydrogen (secondary N) is 1. The first kappa shape index (κ1) is 18.3.